The van der Waals surface area contributed by atoms with Crippen LogP contribution in [0.3, 0.4) is 0 Å². The molecule has 34 heavy (non-hydrogen) atoms. The van der Waals surface area contributed by atoms with Crippen molar-refractivity contribution in [2.24, 2.45) is 0 Å². The standard InChI is InChI=1S/C26H19BrN2O5/c1-32-18-8-3-15(4-9-18)14-29-24(16-5-10-19(33-2)11-6-16)28-25-22(26(29)31)23(30)20-13-17(27)7-12-21(20)34-25/h3-13H,14H2,1-2H3. The lowest BCUT2D eigenvalue weighted by Crippen LogP contribution is -2.28. The van der Waals surface area contributed by atoms with E-state index in [-0.39, 0.29) is 17.6 Å². The SMILES string of the molecule is COc1ccc(Cn2c(-c3ccc(OC)cc3)nc3oc4ccc(Br)cc4c(=O)c3c2=O)cc1. The molecule has 7 nitrogen and oxygen atoms in total. The summed E-state index contributed by atoms with van der Waals surface area (Å²) in [6.45, 7) is 0.211. The van der Waals surface area contributed by atoms with E-state index in [2.05, 4.69) is 20.9 Å². The van der Waals surface area contributed by atoms with Crippen LogP contribution in [0.25, 0.3) is 33.5 Å². The maximum atomic E-state index is 13.7. The van der Waals surface area contributed by atoms with Crippen LogP contribution >= 0.6 is 15.9 Å². The first-order chi connectivity index (χ1) is 16.5. The topological polar surface area (TPSA) is 83.6 Å². The quantitative estimate of drug-likeness (QED) is 0.304. The molecule has 0 N–H and O–H groups in total. The van der Waals surface area contributed by atoms with E-state index in [0.717, 1.165) is 5.56 Å². The molecular formula is C26H19BrN2O5. The molecule has 0 fully saturated rings. The average molecular weight is 519 g/mol. The van der Waals surface area contributed by atoms with E-state index in [1.807, 2.05) is 36.4 Å². The van der Waals surface area contributed by atoms with Crippen molar-refractivity contribution in [2.45, 2.75) is 6.54 Å². The molecule has 0 aliphatic rings. The van der Waals surface area contributed by atoms with Gasteiger partial charge in [0, 0.05) is 10.0 Å². The summed E-state index contributed by atoms with van der Waals surface area (Å²) in [5, 5.41) is 0.227. The van der Waals surface area contributed by atoms with Crippen molar-refractivity contribution >= 4 is 38.0 Å². The summed E-state index contributed by atoms with van der Waals surface area (Å²) in [7, 11) is 3.18. The molecule has 2 heterocycles. The van der Waals surface area contributed by atoms with Crippen LogP contribution in [-0.4, -0.2) is 23.8 Å². The van der Waals surface area contributed by atoms with Crippen LogP contribution in [0.5, 0.6) is 11.5 Å². The second-order valence-electron chi connectivity index (χ2n) is 7.66. The molecule has 0 amide bonds. The van der Waals surface area contributed by atoms with E-state index in [1.54, 1.807) is 44.6 Å². The zero-order chi connectivity index (χ0) is 23.8. The molecule has 0 aliphatic heterocycles. The molecule has 5 rings (SSSR count). The monoisotopic (exact) mass is 518 g/mol. The van der Waals surface area contributed by atoms with Crippen LogP contribution < -0.4 is 20.5 Å². The van der Waals surface area contributed by atoms with E-state index in [1.165, 1.54) is 4.57 Å². The number of fused-ring (bicyclic) bond motifs is 2. The molecular weight excluding hydrogens is 500 g/mol. The van der Waals surface area contributed by atoms with Crippen LogP contribution in [0.4, 0.5) is 0 Å². The van der Waals surface area contributed by atoms with Crippen LogP contribution in [-0.2, 0) is 6.54 Å². The Morgan fingerprint density at radius 3 is 2.21 bits per heavy atom. The summed E-state index contributed by atoms with van der Waals surface area (Å²) in [5.41, 5.74) is 1.02. The number of halogens is 1. The molecule has 0 saturated heterocycles. The number of aromatic nitrogens is 2. The third-order valence-electron chi connectivity index (χ3n) is 5.60. The van der Waals surface area contributed by atoms with Gasteiger partial charge in [-0.2, -0.15) is 4.98 Å². The molecule has 2 aromatic heterocycles. The number of ether oxygens (including phenoxy) is 2. The Kier molecular flexibility index (Phi) is 5.67. The normalized spacial score (nSPS) is 11.1. The molecule has 0 atom stereocenters. The summed E-state index contributed by atoms with van der Waals surface area (Å²) in [6, 6.07) is 19.7. The fraction of sp³-hybridized carbons (Fsp3) is 0.115. The highest BCUT2D eigenvalue weighted by atomic mass is 79.9. The lowest BCUT2D eigenvalue weighted by atomic mass is 10.1. The van der Waals surface area contributed by atoms with Gasteiger partial charge >= 0.3 is 0 Å². The first-order valence-electron chi connectivity index (χ1n) is 10.4. The second-order valence-corrected chi connectivity index (χ2v) is 8.57. The highest BCUT2D eigenvalue weighted by Gasteiger charge is 2.19. The summed E-state index contributed by atoms with van der Waals surface area (Å²) in [4.78, 5) is 31.7. The molecule has 0 aliphatic carbocycles. The predicted molar refractivity (Wildman–Crippen MR) is 134 cm³/mol. The van der Waals surface area contributed by atoms with Crippen molar-refractivity contribution in [1.82, 2.24) is 9.55 Å². The number of nitrogens with zero attached hydrogens (tertiary/aromatic N) is 2. The Bertz CT molecular complexity index is 1640. The zero-order valence-electron chi connectivity index (χ0n) is 18.4. The van der Waals surface area contributed by atoms with Crippen molar-refractivity contribution in [3.05, 3.63) is 97.3 Å². The predicted octanol–water partition coefficient (Wildman–Crippen LogP) is 5.00. The first kappa shape index (κ1) is 21.9. The van der Waals surface area contributed by atoms with Crippen LogP contribution in [0.1, 0.15) is 5.56 Å². The van der Waals surface area contributed by atoms with E-state index in [9.17, 15) is 9.59 Å². The molecule has 8 heteroatoms. The highest BCUT2D eigenvalue weighted by Crippen LogP contribution is 2.25. The molecule has 0 bridgehead atoms. The molecule has 3 aromatic carbocycles. The second kappa shape index (κ2) is 8.79. The molecule has 5 aromatic rings. The smallest absolute Gasteiger partial charge is 0.269 e. The Hall–Kier alpha value is -3.91. The number of hydrogen-bond donors (Lipinski definition) is 0. The van der Waals surface area contributed by atoms with E-state index in [4.69, 9.17) is 13.9 Å². The lowest BCUT2D eigenvalue weighted by molar-refractivity contribution is 0.414. The van der Waals surface area contributed by atoms with Gasteiger partial charge in [0.15, 0.2) is 5.39 Å². The van der Waals surface area contributed by atoms with Crippen LogP contribution in [0, 0.1) is 0 Å². The summed E-state index contributed by atoms with van der Waals surface area (Å²) < 4.78 is 18.6. The van der Waals surface area contributed by atoms with Crippen LogP contribution in [0.2, 0.25) is 0 Å². The third kappa shape index (κ3) is 3.86. The third-order valence-corrected chi connectivity index (χ3v) is 6.10. The lowest BCUT2D eigenvalue weighted by Gasteiger charge is -2.14. The van der Waals surface area contributed by atoms with Gasteiger partial charge in [0.1, 0.15) is 22.9 Å². The summed E-state index contributed by atoms with van der Waals surface area (Å²) in [6.07, 6.45) is 0. The summed E-state index contributed by atoms with van der Waals surface area (Å²) >= 11 is 3.37. The van der Waals surface area contributed by atoms with E-state index >= 15 is 0 Å². The molecule has 0 spiro atoms. The number of methoxy groups -OCH3 is 2. The van der Waals surface area contributed by atoms with E-state index < -0.39 is 11.0 Å². The zero-order valence-corrected chi connectivity index (χ0v) is 20.0. The Balaban J connectivity index is 1.79. The van der Waals surface area contributed by atoms with Gasteiger partial charge in [0.05, 0.1) is 26.2 Å². The van der Waals surface area contributed by atoms with Gasteiger partial charge in [0.2, 0.25) is 11.1 Å². The first-order valence-corrected chi connectivity index (χ1v) is 11.2. The number of rotatable bonds is 5. The minimum absolute atomic E-state index is 0.00150. The fourth-order valence-corrected chi connectivity index (χ4v) is 4.19. The Morgan fingerprint density at radius 1 is 0.912 bits per heavy atom. The number of hydrogen-bond acceptors (Lipinski definition) is 6. The van der Waals surface area contributed by atoms with Gasteiger partial charge < -0.3 is 13.9 Å². The van der Waals surface area contributed by atoms with Gasteiger partial charge in [-0.05, 0) is 60.2 Å². The molecule has 170 valence electrons. The fourth-order valence-electron chi connectivity index (χ4n) is 3.83. The van der Waals surface area contributed by atoms with Crippen LogP contribution in [0.15, 0.2) is 85.2 Å². The maximum Gasteiger partial charge on any atom is 0.269 e. The van der Waals surface area contributed by atoms with Crippen molar-refractivity contribution in [1.29, 1.82) is 0 Å². The van der Waals surface area contributed by atoms with Crippen molar-refractivity contribution in [2.75, 3.05) is 14.2 Å². The molecule has 0 saturated carbocycles. The molecule has 0 radical (unpaired) electrons. The largest absolute Gasteiger partial charge is 0.497 e. The van der Waals surface area contributed by atoms with Gasteiger partial charge in [-0.25, -0.2) is 0 Å². The Morgan fingerprint density at radius 2 is 1.56 bits per heavy atom. The van der Waals surface area contributed by atoms with E-state index in [0.29, 0.717) is 38.3 Å². The van der Waals surface area contributed by atoms with Crippen molar-refractivity contribution in [3.8, 4) is 22.9 Å². The van der Waals surface area contributed by atoms with Gasteiger partial charge in [-0.3, -0.25) is 14.2 Å². The minimum atomic E-state index is -0.470. The van der Waals surface area contributed by atoms with Gasteiger partial charge in [0.25, 0.3) is 5.56 Å². The summed E-state index contributed by atoms with van der Waals surface area (Å²) in [5.74, 6) is 1.77. The average Bonchev–Trinajstić information content (AvgIpc) is 2.86. The Labute approximate surface area is 202 Å². The van der Waals surface area contributed by atoms with Crippen molar-refractivity contribution in [3.63, 3.8) is 0 Å². The minimum Gasteiger partial charge on any atom is -0.497 e. The van der Waals surface area contributed by atoms with Gasteiger partial charge in [-0.15, -0.1) is 0 Å². The highest BCUT2D eigenvalue weighted by molar-refractivity contribution is 9.10. The maximum absolute atomic E-state index is 13.7. The number of benzene rings is 3. The molecule has 0 unspecified atom stereocenters. The van der Waals surface area contributed by atoms with Crippen molar-refractivity contribution < 1.29 is 13.9 Å². The van der Waals surface area contributed by atoms with Gasteiger partial charge in [-0.1, -0.05) is 28.1 Å².